The van der Waals surface area contributed by atoms with E-state index >= 15 is 0 Å². The minimum Gasteiger partial charge on any atom is -0.207 e. The fourth-order valence-electron chi connectivity index (χ4n) is 2.45. The number of halogens is 3. The van der Waals surface area contributed by atoms with Gasteiger partial charge in [-0.1, -0.05) is 11.3 Å². The maximum absolute atomic E-state index is 14.4. The molecule has 1 aliphatic rings. The van der Waals surface area contributed by atoms with E-state index < -0.39 is 37.7 Å². The minimum atomic E-state index is -4.17. The monoisotopic (exact) mass is 414 g/mol. The Bertz CT molecular complexity index is 1190. The Morgan fingerprint density at radius 2 is 2.07 bits per heavy atom. The number of sulfonamides is 1. The van der Waals surface area contributed by atoms with E-state index in [1.54, 1.807) is 0 Å². The lowest BCUT2D eigenvalue weighted by atomic mass is 10.2. The van der Waals surface area contributed by atoms with E-state index in [0.29, 0.717) is 24.2 Å². The van der Waals surface area contributed by atoms with Crippen LogP contribution in [0.2, 0.25) is 0 Å². The van der Waals surface area contributed by atoms with Crippen LogP contribution in [0.4, 0.5) is 13.2 Å². The number of nitriles is 1. The SMILES string of the molecule is N#CC1(NS(=O)(=O)c2cc(F)c3cnn(-c4nnc(C(F)F)s4)c3c2)CC1. The van der Waals surface area contributed by atoms with Crippen LogP contribution in [-0.4, -0.2) is 33.9 Å². The lowest BCUT2D eigenvalue weighted by Gasteiger charge is -2.11. The van der Waals surface area contributed by atoms with Crippen molar-refractivity contribution >= 4 is 32.3 Å². The van der Waals surface area contributed by atoms with Gasteiger partial charge in [-0.05, 0) is 25.0 Å². The van der Waals surface area contributed by atoms with Gasteiger partial charge in [0.1, 0.15) is 11.4 Å². The van der Waals surface area contributed by atoms with E-state index in [9.17, 15) is 21.6 Å². The molecule has 13 heteroatoms. The zero-order valence-electron chi connectivity index (χ0n) is 13.2. The van der Waals surface area contributed by atoms with Crippen molar-refractivity contribution in [3.63, 3.8) is 0 Å². The lowest BCUT2D eigenvalue weighted by Crippen LogP contribution is -2.35. The Morgan fingerprint density at radius 3 is 2.67 bits per heavy atom. The second kappa shape index (κ2) is 5.98. The molecule has 0 aliphatic heterocycles. The summed E-state index contributed by atoms with van der Waals surface area (Å²) in [7, 11) is -4.17. The number of fused-ring (bicyclic) bond motifs is 1. The predicted molar refractivity (Wildman–Crippen MR) is 87.4 cm³/mol. The topological polar surface area (TPSA) is 114 Å². The van der Waals surface area contributed by atoms with Gasteiger partial charge < -0.3 is 0 Å². The van der Waals surface area contributed by atoms with Gasteiger partial charge in [-0.2, -0.15) is 15.1 Å². The molecule has 1 N–H and O–H groups in total. The molecular weight excluding hydrogens is 405 g/mol. The van der Waals surface area contributed by atoms with Crippen molar-refractivity contribution in [2.45, 2.75) is 29.7 Å². The summed E-state index contributed by atoms with van der Waals surface area (Å²) >= 11 is 0.554. The Kier molecular flexibility index (Phi) is 3.95. The zero-order chi connectivity index (χ0) is 19.4. The molecule has 2 aromatic heterocycles. The van der Waals surface area contributed by atoms with Crippen LogP contribution >= 0.6 is 11.3 Å². The summed E-state index contributed by atoms with van der Waals surface area (Å²) in [5, 5.41) is 19.3. The van der Waals surface area contributed by atoms with E-state index in [1.807, 2.05) is 6.07 Å². The second-order valence-corrected chi connectivity index (χ2v) is 8.59. The van der Waals surface area contributed by atoms with Gasteiger partial charge in [0.15, 0.2) is 5.01 Å². The van der Waals surface area contributed by atoms with Gasteiger partial charge in [-0.3, -0.25) is 0 Å². The third-order valence-corrected chi connectivity index (χ3v) is 6.44. The molecule has 0 radical (unpaired) electrons. The average molecular weight is 414 g/mol. The summed E-state index contributed by atoms with van der Waals surface area (Å²) in [6, 6.07) is 3.84. The van der Waals surface area contributed by atoms with Gasteiger partial charge in [-0.25, -0.2) is 26.3 Å². The number of hydrogen-bond donors (Lipinski definition) is 1. The molecule has 3 aromatic rings. The quantitative estimate of drug-likeness (QED) is 0.685. The summed E-state index contributed by atoms with van der Waals surface area (Å²) in [5.74, 6) is -0.862. The van der Waals surface area contributed by atoms with Gasteiger partial charge in [0.25, 0.3) is 6.43 Å². The van der Waals surface area contributed by atoms with Crippen LogP contribution in [0.5, 0.6) is 0 Å². The molecule has 0 atom stereocenters. The van der Waals surface area contributed by atoms with Gasteiger partial charge in [0.2, 0.25) is 15.2 Å². The van der Waals surface area contributed by atoms with Gasteiger partial charge in [-0.15, -0.1) is 10.2 Å². The third kappa shape index (κ3) is 3.05. The summed E-state index contributed by atoms with van der Waals surface area (Å²) < 4.78 is 68.2. The Balaban J connectivity index is 1.81. The molecule has 1 saturated carbocycles. The van der Waals surface area contributed by atoms with Crippen LogP contribution in [0, 0.1) is 17.1 Å². The maximum Gasteiger partial charge on any atom is 0.291 e. The molecular formula is C14H9F3N6O2S2. The smallest absolute Gasteiger partial charge is 0.207 e. The normalized spacial score (nSPS) is 16.0. The number of nitrogens with one attached hydrogen (secondary N) is 1. The minimum absolute atomic E-state index is 0.0100. The molecule has 8 nitrogen and oxygen atoms in total. The molecule has 1 aliphatic carbocycles. The standard InChI is InChI=1S/C14H9F3N6O2S2/c15-9-3-7(27(24,25)22-14(6-18)1-2-14)4-10-8(9)5-19-23(10)13-21-20-12(26-13)11(16)17/h3-5,11,22H,1-2H2. The number of hydrogen-bond acceptors (Lipinski definition) is 7. The van der Waals surface area contributed by atoms with Crippen LogP contribution in [0.1, 0.15) is 24.3 Å². The summed E-state index contributed by atoms with van der Waals surface area (Å²) in [6.45, 7) is 0. The summed E-state index contributed by atoms with van der Waals surface area (Å²) in [5.41, 5.74) is -1.15. The van der Waals surface area contributed by atoms with Crippen molar-refractivity contribution in [2.24, 2.45) is 0 Å². The molecule has 140 valence electrons. The third-order valence-electron chi connectivity index (χ3n) is 4.01. The van der Waals surface area contributed by atoms with E-state index in [0.717, 1.165) is 23.0 Å². The number of nitrogens with zero attached hydrogens (tertiary/aromatic N) is 5. The first-order valence-corrected chi connectivity index (χ1v) is 9.79. The van der Waals surface area contributed by atoms with E-state index in [-0.39, 0.29) is 16.0 Å². The number of rotatable bonds is 5. The van der Waals surface area contributed by atoms with Gasteiger partial charge >= 0.3 is 0 Å². The molecule has 0 spiro atoms. The molecule has 0 bridgehead atoms. The first-order valence-electron chi connectivity index (χ1n) is 7.49. The fourth-order valence-corrected chi connectivity index (χ4v) is 4.52. The molecule has 1 aromatic carbocycles. The van der Waals surface area contributed by atoms with Crippen molar-refractivity contribution in [3.8, 4) is 11.2 Å². The lowest BCUT2D eigenvalue weighted by molar-refractivity contribution is 0.150. The summed E-state index contributed by atoms with van der Waals surface area (Å²) in [4.78, 5) is -0.408. The highest BCUT2D eigenvalue weighted by Crippen LogP contribution is 2.36. The van der Waals surface area contributed by atoms with Crippen LogP contribution in [-0.2, 0) is 10.0 Å². The highest BCUT2D eigenvalue weighted by atomic mass is 32.2. The highest BCUT2D eigenvalue weighted by molar-refractivity contribution is 7.89. The zero-order valence-corrected chi connectivity index (χ0v) is 14.9. The molecule has 1 fully saturated rings. The molecule has 0 unspecified atom stereocenters. The van der Waals surface area contributed by atoms with Crippen LogP contribution in [0.25, 0.3) is 16.0 Å². The predicted octanol–water partition coefficient (Wildman–Crippen LogP) is 2.29. The molecule has 2 heterocycles. The van der Waals surface area contributed by atoms with Crippen molar-refractivity contribution in [2.75, 3.05) is 0 Å². The molecule has 27 heavy (non-hydrogen) atoms. The highest BCUT2D eigenvalue weighted by Gasteiger charge is 2.47. The number of aromatic nitrogens is 4. The van der Waals surface area contributed by atoms with Crippen LogP contribution in [0.15, 0.2) is 23.2 Å². The number of benzene rings is 1. The largest absolute Gasteiger partial charge is 0.291 e. The Hall–Kier alpha value is -2.56. The van der Waals surface area contributed by atoms with Crippen molar-refractivity contribution in [1.29, 1.82) is 5.26 Å². The van der Waals surface area contributed by atoms with E-state index in [2.05, 4.69) is 20.0 Å². The van der Waals surface area contributed by atoms with Crippen LogP contribution in [0.3, 0.4) is 0 Å². The van der Waals surface area contributed by atoms with E-state index in [1.165, 1.54) is 0 Å². The van der Waals surface area contributed by atoms with Crippen LogP contribution < -0.4 is 4.72 Å². The second-order valence-electron chi connectivity index (χ2n) is 5.92. The number of alkyl halides is 2. The maximum atomic E-state index is 14.4. The molecule has 0 amide bonds. The van der Waals surface area contributed by atoms with Gasteiger partial charge in [0.05, 0.1) is 28.1 Å². The van der Waals surface area contributed by atoms with Crippen molar-refractivity contribution < 1.29 is 21.6 Å². The van der Waals surface area contributed by atoms with Gasteiger partial charge in [0, 0.05) is 0 Å². The first-order chi connectivity index (χ1) is 12.7. The Labute approximate surface area is 154 Å². The molecule has 4 rings (SSSR count). The van der Waals surface area contributed by atoms with Crippen molar-refractivity contribution in [1.82, 2.24) is 24.7 Å². The fraction of sp³-hybridized carbons (Fsp3) is 0.286. The van der Waals surface area contributed by atoms with Crippen molar-refractivity contribution in [3.05, 3.63) is 29.2 Å². The Morgan fingerprint density at radius 1 is 1.33 bits per heavy atom. The molecule has 0 saturated heterocycles. The first kappa shape index (κ1) is 17.8. The summed E-state index contributed by atoms with van der Waals surface area (Å²) in [6.07, 6.45) is -0.954. The average Bonchev–Trinajstić information content (AvgIpc) is 3.03. The van der Waals surface area contributed by atoms with E-state index in [4.69, 9.17) is 5.26 Å².